The van der Waals surface area contributed by atoms with Crippen LogP contribution in [0.1, 0.15) is 21.7 Å². The number of ketones is 1. The molecule has 0 bridgehead atoms. The minimum Gasteiger partial charge on any atom is -0.331 e. The van der Waals surface area contributed by atoms with Gasteiger partial charge in [0, 0.05) is 37.3 Å². The molecule has 0 radical (unpaired) electrons. The molecule has 0 spiro atoms. The van der Waals surface area contributed by atoms with Crippen molar-refractivity contribution in [3.63, 3.8) is 0 Å². The smallest absolute Gasteiger partial charge is 0.228 e. The Morgan fingerprint density at radius 1 is 1.10 bits per heavy atom. The highest BCUT2D eigenvalue weighted by molar-refractivity contribution is 6.04. The van der Waals surface area contributed by atoms with E-state index in [-0.39, 0.29) is 17.9 Å². The second-order valence-electron chi connectivity index (χ2n) is 6.28. The third-order valence-corrected chi connectivity index (χ3v) is 4.08. The molecule has 0 unspecified atom stereocenters. The molecule has 3 aromatic rings. The number of imidazole rings is 1. The molecule has 1 N–H and O–H groups in total. The first-order valence-corrected chi connectivity index (χ1v) is 8.56. The number of aryl methyl sites for hydroxylation is 1. The van der Waals surface area contributed by atoms with Gasteiger partial charge in [-0.15, -0.1) is 0 Å². The van der Waals surface area contributed by atoms with Crippen LogP contribution in [0.4, 0.5) is 18.9 Å². The molecule has 1 aromatic heterocycles. The summed E-state index contributed by atoms with van der Waals surface area (Å²) in [7, 11) is 1.72. The molecule has 0 atom stereocenters. The summed E-state index contributed by atoms with van der Waals surface area (Å²) < 4.78 is 41.0. The van der Waals surface area contributed by atoms with Crippen LogP contribution in [0.15, 0.2) is 54.9 Å². The Bertz CT molecular complexity index is 1070. The number of allylic oxidation sites excluding steroid dienone is 1. The average Bonchev–Trinajstić information content (AvgIpc) is 3.11. The summed E-state index contributed by atoms with van der Waals surface area (Å²) in [4.78, 5) is 28.1. The van der Waals surface area contributed by atoms with Crippen molar-refractivity contribution in [1.82, 2.24) is 9.55 Å². The molecular formula is C21H16F3N3O2. The maximum Gasteiger partial charge on any atom is 0.228 e. The van der Waals surface area contributed by atoms with Gasteiger partial charge in [-0.25, -0.2) is 18.2 Å². The summed E-state index contributed by atoms with van der Waals surface area (Å²) >= 11 is 0. The van der Waals surface area contributed by atoms with Crippen molar-refractivity contribution in [1.29, 1.82) is 0 Å². The molecule has 2 aromatic carbocycles. The van der Waals surface area contributed by atoms with Crippen LogP contribution >= 0.6 is 0 Å². The molecule has 29 heavy (non-hydrogen) atoms. The number of halogens is 3. The van der Waals surface area contributed by atoms with Crippen molar-refractivity contribution < 1.29 is 22.8 Å². The highest BCUT2D eigenvalue weighted by Crippen LogP contribution is 2.18. The highest BCUT2D eigenvalue weighted by Gasteiger charge is 2.12. The van der Waals surface area contributed by atoms with Crippen LogP contribution in [-0.4, -0.2) is 21.2 Å². The molecular weight excluding hydrogens is 383 g/mol. The highest BCUT2D eigenvalue weighted by atomic mass is 19.2. The number of hydrogen-bond donors (Lipinski definition) is 1. The zero-order valence-electron chi connectivity index (χ0n) is 15.3. The Balaban J connectivity index is 1.60. The Morgan fingerprint density at radius 2 is 1.76 bits per heavy atom. The Morgan fingerprint density at radius 3 is 2.34 bits per heavy atom. The first-order chi connectivity index (χ1) is 13.8. The van der Waals surface area contributed by atoms with Crippen LogP contribution in [-0.2, 0) is 18.3 Å². The van der Waals surface area contributed by atoms with Crippen LogP contribution in [0.25, 0.3) is 6.08 Å². The van der Waals surface area contributed by atoms with E-state index in [1.54, 1.807) is 48.2 Å². The maximum atomic E-state index is 13.2. The second kappa shape index (κ2) is 8.55. The fourth-order valence-corrected chi connectivity index (χ4v) is 2.61. The molecule has 0 fully saturated rings. The lowest BCUT2D eigenvalue weighted by Gasteiger charge is -2.07. The number of carbonyl (C=O) groups is 2. The number of rotatable bonds is 6. The van der Waals surface area contributed by atoms with Crippen LogP contribution in [0.5, 0.6) is 0 Å². The van der Waals surface area contributed by atoms with E-state index in [1.807, 2.05) is 0 Å². The van der Waals surface area contributed by atoms with Gasteiger partial charge in [-0.2, -0.15) is 0 Å². The van der Waals surface area contributed by atoms with E-state index in [2.05, 4.69) is 10.3 Å². The number of amides is 1. The summed E-state index contributed by atoms with van der Waals surface area (Å²) in [6.45, 7) is 0. The molecule has 1 heterocycles. The van der Waals surface area contributed by atoms with Gasteiger partial charge in [0.15, 0.2) is 23.3 Å². The van der Waals surface area contributed by atoms with Gasteiger partial charge in [-0.1, -0.05) is 30.3 Å². The number of carbonyl (C=O) groups excluding carboxylic acids is 2. The number of nitrogens with zero attached hydrogens (tertiary/aromatic N) is 2. The van der Waals surface area contributed by atoms with Crippen LogP contribution in [0, 0.1) is 17.5 Å². The van der Waals surface area contributed by atoms with Gasteiger partial charge < -0.3 is 9.88 Å². The second-order valence-corrected chi connectivity index (χ2v) is 6.28. The summed E-state index contributed by atoms with van der Waals surface area (Å²) in [5, 5.41) is 2.32. The average molecular weight is 399 g/mol. The molecule has 148 valence electrons. The maximum absolute atomic E-state index is 13.2. The Kier molecular flexibility index (Phi) is 5.92. The summed E-state index contributed by atoms with van der Waals surface area (Å²) in [5.41, 5.74) is 1.23. The first-order valence-electron chi connectivity index (χ1n) is 8.56. The molecule has 0 aliphatic rings. The van der Waals surface area contributed by atoms with Gasteiger partial charge in [-0.3, -0.25) is 9.59 Å². The molecule has 0 aliphatic heterocycles. The minimum atomic E-state index is -1.59. The fourth-order valence-electron chi connectivity index (χ4n) is 2.61. The standard InChI is InChI=1S/C21H16F3N3O2/c1-27-9-8-25-21(27)18(28)7-6-13-2-4-14(5-3-13)10-19(29)26-15-11-16(22)20(24)17(23)12-15/h2-9,11-12H,10H2,1H3,(H,26,29). The molecule has 0 aliphatic carbocycles. The van der Waals surface area contributed by atoms with Gasteiger partial charge in [0.25, 0.3) is 0 Å². The number of hydrogen-bond acceptors (Lipinski definition) is 3. The van der Waals surface area contributed by atoms with Crippen molar-refractivity contribution in [2.75, 3.05) is 5.32 Å². The largest absolute Gasteiger partial charge is 0.331 e. The minimum absolute atomic E-state index is 0.0448. The van der Waals surface area contributed by atoms with Gasteiger partial charge >= 0.3 is 0 Å². The normalized spacial score (nSPS) is 11.0. The van der Waals surface area contributed by atoms with Gasteiger partial charge in [0.1, 0.15) is 0 Å². The van der Waals surface area contributed by atoms with E-state index in [1.165, 1.54) is 12.3 Å². The van der Waals surface area contributed by atoms with Crippen molar-refractivity contribution in [3.8, 4) is 0 Å². The van der Waals surface area contributed by atoms with Gasteiger partial charge in [-0.05, 0) is 17.2 Å². The lowest BCUT2D eigenvalue weighted by molar-refractivity contribution is -0.115. The quantitative estimate of drug-likeness (QED) is 0.388. The van der Waals surface area contributed by atoms with Crippen molar-refractivity contribution >= 4 is 23.5 Å². The number of anilines is 1. The van der Waals surface area contributed by atoms with Gasteiger partial charge in [0.05, 0.1) is 6.42 Å². The predicted octanol–water partition coefficient (Wildman–Crippen LogP) is 3.91. The van der Waals surface area contributed by atoms with E-state index in [0.29, 0.717) is 23.5 Å². The van der Waals surface area contributed by atoms with E-state index >= 15 is 0 Å². The van der Waals surface area contributed by atoms with Crippen LogP contribution in [0.3, 0.4) is 0 Å². The zero-order valence-corrected chi connectivity index (χ0v) is 15.3. The lowest BCUT2D eigenvalue weighted by Crippen LogP contribution is -2.15. The van der Waals surface area contributed by atoms with E-state index < -0.39 is 23.4 Å². The first kappa shape index (κ1) is 20.1. The van der Waals surface area contributed by atoms with Gasteiger partial charge in [0.2, 0.25) is 11.7 Å². The Labute approximate surface area is 164 Å². The SMILES string of the molecule is Cn1ccnc1C(=O)C=Cc1ccc(CC(=O)Nc2cc(F)c(F)c(F)c2)cc1. The summed E-state index contributed by atoms with van der Waals surface area (Å²) in [6, 6.07) is 8.25. The predicted molar refractivity (Wildman–Crippen MR) is 102 cm³/mol. The van der Waals surface area contributed by atoms with Crippen molar-refractivity contribution in [2.45, 2.75) is 6.42 Å². The van der Waals surface area contributed by atoms with Crippen LogP contribution in [0.2, 0.25) is 0 Å². The molecule has 0 saturated carbocycles. The molecule has 8 heteroatoms. The van der Waals surface area contributed by atoms with Crippen molar-refractivity contribution in [3.05, 3.63) is 89.3 Å². The lowest BCUT2D eigenvalue weighted by atomic mass is 10.1. The van der Waals surface area contributed by atoms with Crippen molar-refractivity contribution in [2.24, 2.45) is 7.05 Å². The van der Waals surface area contributed by atoms with E-state index in [0.717, 1.165) is 5.56 Å². The fraction of sp³-hybridized carbons (Fsp3) is 0.0952. The molecule has 5 nitrogen and oxygen atoms in total. The number of aromatic nitrogens is 2. The molecule has 1 amide bonds. The summed E-state index contributed by atoms with van der Waals surface area (Å²) in [5.74, 6) is -4.77. The zero-order chi connectivity index (χ0) is 21.0. The number of nitrogens with one attached hydrogen (secondary N) is 1. The third-order valence-electron chi connectivity index (χ3n) is 4.08. The topological polar surface area (TPSA) is 64.0 Å². The van der Waals surface area contributed by atoms with E-state index in [4.69, 9.17) is 0 Å². The summed E-state index contributed by atoms with van der Waals surface area (Å²) in [6.07, 6.45) is 6.20. The number of benzene rings is 2. The van der Waals surface area contributed by atoms with Crippen LogP contribution < -0.4 is 5.32 Å². The molecule has 0 saturated heterocycles. The monoisotopic (exact) mass is 399 g/mol. The Hall–Kier alpha value is -3.68. The molecule has 3 rings (SSSR count). The third kappa shape index (κ3) is 4.98. The van der Waals surface area contributed by atoms with E-state index in [9.17, 15) is 22.8 Å².